The molecule has 0 atom stereocenters. The van der Waals surface area contributed by atoms with E-state index in [1.165, 1.54) is 5.56 Å². The van der Waals surface area contributed by atoms with Crippen molar-refractivity contribution in [2.45, 2.75) is 46.3 Å². The summed E-state index contributed by atoms with van der Waals surface area (Å²) in [5, 5.41) is 6.21. The topological polar surface area (TPSA) is 74.5 Å². The van der Waals surface area contributed by atoms with Crippen LogP contribution in [0.2, 0.25) is 0 Å². The van der Waals surface area contributed by atoms with Crippen LogP contribution < -0.4 is 10.6 Å². The first-order valence-electron chi connectivity index (χ1n) is 9.63. The maximum absolute atomic E-state index is 12.2. The van der Waals surface area contributed by atoms with E-state index in [0.29, 0.717) is 12.5 Å². The van der Waals surface area contributed by atoms with Gasteiger partial charge in [-0.3, -0.25) is 4.79 Å². The summed E-state index contributed by atoms with van der Waals surface area (Å²) < 4.78 is 2.09. The van der Waals surface area contributed by atoms with Crippen molar-refractivity contribution in [3.8, 4) is 0 Å². The molecule has 152 valence electrons. The summed E-state index contributed by atoms with van der Waals surface area (Å²) in [5.41, 5.74) is 0.962. The third kappa shape index (κ3) is 7.06. The van der Waals surface area contributed by atoms with Crippen molar-refractivity contribution in [1.29, 1.82) is 0 Å². The molecule has 2 N–H and O–H groups in total. The number of nitrogens with zero attached hydrogens (tertiary/aromatic N) is 4. The van der Waals surface area contributed by atoms with Crippen LogP contribution in [0.5, 0.6) is 0 Å². The van der Waals surface area contributed by atoms with E-state index in [1.54, 1.807) is 6.20 Å². The molecule has 2 aromatic rings. The number of hydrogen-bond acceptors (Lipinski definition) is 3. The van der Waals surface area contributed by atoms with Crippen LogP contribution in [0.25, 0.3) is 0 Å². The fourth-order valence-electron chi connectivity index (χ4n) is 2.78. The van der Waals surface area contributed by atoms with E-state index in [9.17, 15) is 4.79 Å². The Balaban J connectivity index is 2.04. The SMILES string of the molecule is CCNC(=NCc1nccn1Cc1ccccc1)N(C)CC(=O)NC(C)(C)C. The van der Waals surface area contributed by atoms with Crippen LogP contribution in [0, 0.1) is 0 Å². The largest absolute Gasteiger partial charge is 0.357 e. The standard InChI is InChI=1S/C21H32N6O/c1-6-22-20(26(5)16-19(28)25-21(2,3)4)24-14-18-23-12-13-27(18)15-17-10-8-7-9-11-17/h7-13H,6,14-16H2,1-5H3,(H,22,24)(H,25,28). The van der Waals surface area contributed by atoms with Gasteiger partial charge >= 0.3 is 0 Å². The molecule has 1 amide bonds. The molecular formula is C21H32N6O. The average Bonchev–Trinajstić information content (AvgIpc) is 3.04. The molecule has 0 radical (unpaired) electrons. The second-order valence-electron chi connectivity index (χ2n) is 7.78. The van der Waals surface area contributed by atoms with Crippen LogP contribution in [0.1, 0.15) is 39.1 Å². The van der Waals surface area contributed by atoms with Gasteiger partial charge in [-0.15, -0.1) is 0 Å². The minimum atomic E-state index is -0.254. The molecule has 0 aliphatic heterocycles. The molecule has 0 bridgehead atoms. The molecule has 0 saturated heterocycles. The molecule has 0 saturated carbocycles. The molecule has 7 nitrogen and oxygen atoms in total. The van der Waals surface area contributed by atoms with Gasteiger partial charge in [0.15, 0.2) is 5.96 Å². The maximum Gasteiger partial charge on any atom is 0.240 e. The number of amides is 1. The van der Waals surface area contributed by atoms with E-state index in [4.69, 9.17) is 0 Å². The van der Waals surface area contributed by atoms with Crippen molar-refractivity contribution in [3.05, 3.63) is 54.1 Å². The molecular weight excluding hydrogens is 352 g/mol. The van der Waals surface area contributed by atoms with Gasteiger partial charge < -0.3 is 20.1 Å². The highest BCUT2D eigenvalue weighted by Crippen LogP contribution is 2.07. The Labute approximate surface area is 167 Å². The van der Waals surface area contributed by atoms with Gasteiger partial charge in [0.1, 0.15) is 12.4 Å². The number of benzene rings is 1. The van der Waals surface area contributed by atoms with Gasteiger partial charge in [-0.2, -0.15) is 0 Å². The first kappa shape index (κ1) is 21.5. The number of carbonyl (C=O) groups is 1. The lowest BCUT2D eigenvalue weighted by atomic mass is 10.1. The molecule has 0 unspecified atom stereocenters. The number of nitrogens with one attached hydrogen (secondary N) is 2. The first-order chi connectivity index (χ1) is 13.3. The van der Waals surface area contributed by atoms with Gasteiger partial charge in [0, 0.05) is 38.1 Å². The fourth-order valence-corrected chi connectivity index (χ4v) is 2.78. The van der Waals surface area contributed by atoms with Crippen LogP contribution in [0.15, 0.2) is 47.7 Å². The Kier molecular flexibility index (Phi) is 7.61. The third-order valence-electron chi connectivity index (χ3n) is 3.96. The summed E-state index contributed by atoms with van der Waals surface area (Å²) >= 11 is 0. The van der Waals surface area contributed by atoms with Crippen molar-refractivity contribution >= 4 is 11.9 Å². The van der Waals surface area contributed by atoms with Crippen molar-refractivity contribution in [2.24, 2.45) is 4.99 Å². The van der Waals surface area contributed by atoms with E-state index in [0.717, 1.165) is 18.9 Å². The van der Waals surface area contributed by atoms with Crippen LogP contribution in [-0.4, -0.2) is 52.0 Å². The monoisotopic (exact) mass is 384 g/mol. The van der Waals surface area contributed by atoms with E-state index < -0.39 is 0 Å². The molecule has 0 spiro atoms. The third-order valence-corrected chi connectivity index (χ3v) is 3.96. The summed E-state index contributed by atoms with van der Waals surface area (Å²) in [6.07, 6.45) is 3.76. The van der Waals surface area contributed by atoms with Gasteiger partial charge in [0.25, 0.3) is 0 Å². The highest BCUT2D eigenvalue weighted by Gasteiger charge is 2.17. The lowest BCUT2D eigenvalue weighted by molar-refractivity contribution is -0.122. The number of hydrogen-bond donors (Lipinski definition) is 2. The average molecular weight is 385 g/mol. The van der Waals surface area contributed by atoms with Crippen LogP contribution in [0.4, 0.5) is 0 Å². The second kappa shape index (κ2) is 9.92. The number of carbonyl (C=O) groups excluding carboxylic acids is 1. The van der Waals surface area contributed by atoms with Gasteiger partial charge in [-0.1, -0.05) is 30.3 Å². The van der Waals surface area contributed by atoms with E-state index in [-0.39, 0.29) is 18.0 Å². The van der Waals surface area contributed by atoms with Gasteiger partial charge in [-0.05, 0) is 33.3 Å². The number of aromatic nitrogens is 2. The van der Waals surface area contributed by atoms with Crippen LogP contribution >= 0.6 is 0 Å². The quantitative estimate of drug-likeness (QED) is 0.567. The maximum atomic E-state index is 12.2. The Morgan fingerprint density at radius 1 is 1.25 bits per heavy atom. The van der Waals surface area contributed by atoms with Crippen molar-refractivity contribution in [2.75, 3.05) is 20.1 Å². The fraction of sp³-hybridized carbons (Fsp3) is 0.476. The molecule has 1 aromatic heterocycles. The first-order valence-corrected chi connectivity index (χ1v) is 9.63. The minimum absolute atomic E-state index is 0.0359. The second-order valence-corrected chi connectivity index (χ2v) is 7.78. The number of aliphatic imine (C=N–C) groups is 1. The molecule has 0 aliphatic carbocycles. The number of imidazole rings is 1. The molecule has 0 fully saturated rings. The van der Waals surface area contributed by atoms with Crippen molar-refractivity contribution in [3.63, 3.8) is 0 Å². The molecule has 1 heterocycles. The Morgan fingerprint density at radius 2 is 1.96 bits per heavy atom. The zero-order valence-electron chi connectivity index (χ0n) is 17.6. The lowest BCUT2D eigenvalue weighted by Crippen LogP contribution is -2.48. The lowest BCUT2D eigenvalue weighted by Gasteiger charge is -2.25. The minimum Gasteiger partial charge on any atom is -0.357 e. The number of likely N-dealkylation sites (N-methyl/N-ethyl adjacent to an activating group) is 1. The Morgan fingerprint density at radius 3 is 2.61 bits per heavy atom. The Hall–Kier alpha value is -2.83. The number of rotatable bonds is 7. The Bertz CT molecular complexity index is 776. The predicted molar refractivity (Wildman–Crippen MR) is 113 cm³/mol. The summed E-state index contributed by atoms with van der Waals surface area (Å²) in [6, 6.07) is 10.3. The summed E-state index contributed by atoms with van der Waals surface area (Å²) in [5.74, 6) is 1.53. The molecule has 1 aromatic carbocycles. The predicted octanol–water partition coefficient (Wildman–Crippen LogP) is 2.24. The van der Waals surface area contributed by atoms with Crippen LogP contribution in [0.3, 0.4) is 0 Å². The summed E-state index contributed by atoms with van der Waals surface area (Å²) in [7, 11) is 1.86. The summed E-state index contributed by atoms with van der Waals surface area (Å²) in [4.78, 5) is 23.2. The number of guanidine groups is 1. The van der Waals surface area contributed by atoms with Gasteiger partial charge in [-0.25, -0.2) is 9.98 Å². The highest BCUT2D eigenvalue weighted by molar-refractivity contribution is 5.86. The molecule has 28 heavy (non-hydrogen) atoms. The zero-order chi connectivity index (χ0) is 20.6. The van der Waals surface area contributed by atoms with E-state index in [2.05, 4.69) is 37.3 Å². The van der Waals surface area contributed by atoms with E-state index >= 15 is 0 Å². The van der Waals surface area contributed by atoms with Gasteiger partial charge in [0.2, 0.25) is 5.91 Å². The molecule has 7 heteroatoms. The highest BCUT2D eigenvalue weighted by atomic mass is 16.2. The molecule has 2 rings (SSSR count). The van der Waals surface area contributed by atoms with E-state index in [1.807, 2.05) is 64.0 Å². The van der Waals surface area contributed by atoms with Gasteiger partial charge in [0.05, 0.1) is 6.54 Å². The molecule has 0 aliphatic rings. The van der Waals surface area contributed by atoms with Crippen LogP contribution in [-0.2, 0) is 17.9 Å². The zero-order valence-corrected chi connectivity index (χ0v) is 17.6. The summed E-state index contributed by atoms with van der Waals surface area (Å²) in [6.45, 7) is 10.1. The van der Waals surface area contributed by atoms with Crippen molar-refractivity contribution in [1.82, 2.24) is 25.1 Å². The van der Waals surface area contributed by atoms with Crippen molar-refractivity contribution < 1.29 is 4.79 Å². The smallest absolute Gasteiger partial charge is 0.240 e. The normalized spacial score (nSPS) is 12.0.